The van der Waals surface area contributed by atoms with Crippen LogP contribution in [0, 0.1) is 5.82 Å². The summed E-state index contributed by atoms with van der Waals surface area (Å²) in [4.78, 5) is 18.3. The summed E-state index contributed by atoms with van der Waals surface area (Å²) in [6, 6.07) is 16.5. The Morgan fingerprint density at radius 2 is 1.79 bits per heavy atom. The molecular formula is C21H28FIN4O. The molecule has 1 amide bonds. The van der Waals surface area contributed by atoms with Gasteiger partial charge in [0.15, 0.2) is 5.96 Å². The summed E-state index contributed by atoms with van der Waals surface area (Å²) in [6.07, 6.45) is 0.788. The predicted octanol–water partition coefficient (Wildman–Crippen LogP) is 3.20. The van der Waals surface area contributed by atoms with Gasteiger partial charge >= 0.3 is 0 Å². The first-order valence-electron chi connectivity index (χ1n) is 9.13. The average molecular weight is 498 g/mol. The number of halogens is 2. The van der Waals surface area contributed by atoms with Gasteiger partial charge in [-0.05, 0) is 36.6 Å². The SMILES string of the molecule is CCNC(=NCC(=O)NCCc1ccccc1)N(C)Cc1cccc(F)c1.I. The van der Waals surface area contributed by atoms with Gasteiger partial charge in [0.25, 0.3) is 0 Å². The maximum atomic E-state index is 13.3. The molecule has 2 N–H and O–H groups in total. The number of aliphatic imine (C=N–C) groups is 1. The Bertz CT molecular complexity index is 755. The Balaban J connectivity index is 0.00000392. The molecule has 2 aromatic carbocycles. The Labute approximate surface area is 183 Å². The number of carbonyl (C=O) groups is 1. The maximum absolute atomic E-state index is 13.3. The summed E-state index contributed by atoms with van der Waals surface area (Å²) in [5.41, 5.74) is 2.03. The Morgan fingerprint density at radius 1 is 1.07 bits per heavy atom. The molecule has 2 aromatic rings. The highest BCUT2D eigenvalue weighted by Crippen LogP contribution is 2.06. The van der Waals surface area contributed by atoms with Crippen LogP contribution < -0.4 is 10.6 Å². The normalized spacial score (nSPS) is 10.8. The van der Waals surface area contributed by atoms with Crippen molar-refractivity contribution in [2.24, 2.45) is 4.99 Å². The molecule has 0 aromatic heterocycles. The first-order chi connectivity index (χ1) is 13.1. The molecule has 0 unspecified atom stereocenters. The van der Waals surface area contributed by atoms with Gasteiger partial charge in [-0.25, -0.2) is 9.38 Å². The number of rotatable bonds is 8. The molecule has 0 aliphatic heterocycles. The second-order valence-electron chi connectivity index (χ2n) is 6.24. The van der Waals surface area contributed by atoms with Crippen molar-refractivity contribution in [2.75, 3.05) is 26.7 Å². The quantitative estimate of drug-likeness (QED) is 0.334. The lowest BCUT2D eigenvalue weighted by Gasteiger charge is -2.22. The zero-order chi connectivity index (χ0) is 19.5. The van der Waals surface area contributed by atoms with E-state index in [0.29, 0.717) is 25.6 Å². The topological polar surface area (TPSA) is 56.7 Å². The van der Waals surface area contributed by atoms with E-state index in [9.17, 15) is 9.18 Å². The minimum absolute atomic E-state index is 0. The fourth-order valence-electron chi connectivity index (χ4n) is 2.65. The van der Waals surface area contributed by atoms with E-state index in [1.54, 1.807) is 6.07 Å². The van der Waals surface area contributed by atoms with E-state index in [1.807, 2.05) is 55.3 Å². The van der Waals surface area contributed by atoms with Crippen LogP contribution in [0.15, 0.2) is 59.6 Å². The number of guanidine groups is 1. The zero-order valence-corrected chi connectivity index (χ0v) is 18.7. The van der Waals surface area contributed by atoms with Gasteiger partial charge in [-0.15, -0.1) is 24.0 Å². The Kier molecular flexibility index (Phi) is 11.2. The highest BCUT2D eigenvalue weighted by Gasteiger charge is 2.08. The molecule has 0 saturated heterocycles. The van der Waals surface area contributed by atoms with E-state index >= 15 is 0 Å². The number of carbonyl (C=O) groups excluding carboxylic acids is 1. The number of benzene rings is 2. The molecule has 5 nitrogen and oxygen atoms in total. The van der Waals surface area contributed by atoms with Gasteiger partial charge in [0, 0.05) is 26.7 Å². The Morgan fingerprint density at radius 3 is 2.46 bits per heavy atom. The van der Waals surface area contributed by atoms with Crippen LogP contribution in [0.25, 0.3) is 0 Å². The van der Waals surface area contributed by atoms with Crippen molar-refractivity contribution in [2.45, 2.75) is 19.9 Å². The van der Waals surface area contributed by atoms with E-state index < -0.39 is 0 Å². The number of nitrogens with zero attached hydrogens (tertiary/aromatic N) is 2. The van der Waals surface area contributed by atoms with Crippen LogP contribution in [-0.4, -0.2) is 43.4 Å². The van der Waals surface area contributed by atoms with Crippen LogP contribution in [0.5, 0.6) is 0 Å². The van der Waals surface area contributed by atoms with Gasteiger partial charge in [0.05, 0.1) is 0 Å². The fraction of sp³-hybridized carbons (Fsp3) is 0.333. The van der Waals surface area contributed by atoms with Crippen molar-refractivity contribution in [3.63, 3.8) is 0 Å². The van der Waals surface area contributed by atoms with Gasteiger partial charge in [-0.2, -0.15) is 0 Å². The van der Waals surface area contributed by atoms with Crippen LogP contribution in [0.2, 0.25) is 0 Å². The van der Waals surface area contributed by atoms with Gasteiger partial charge in [0.1, 0.15) is 12.4 Å². The van der Waals surface area contributed by atoms with Gasteiger partial charge in [-0.3, -0.25) is 4.79 Å². The minimum atomic E-state index is -0.263. The van der Waals surface area contributed by atoms with Gasteiger partial charge < -0.3 is 15.5 Å². The third-order valence-electron chi connectivity index (χ3n) is 3.96. The summed E-state index contributed by atoms with van der Waals surface area (Å²) in [5.74, 6) is 0.223. The first-order valence-corrected chi connectivity index (χ1v) is 9.13. The Hall–Kier alpha value is -2.16. The van der Waals surface area contributed by atoms with Crippen LogP contribution in [0.4, 0.5) is 4.39 Å². The fourth-order valence-corrected chi connectivity index (χ4v) is 2.65. The second-order valence-corrected chi connectivity index (χ2v) is 6.24. The smallest absolute Gasteiger partial charge is 0.241 e. The van der Waals surface area contributed by atoms with Crippen molar-refractivity contribution < 1.29 is 9.18 Å². The summed E-state index contributed by atoms with van der Waals surface area (Å²) in [7, 11) is 1.86. The number of hydrogen-bond donors (Lipinski definition) is 2. The summed E-state index contributed by atoms with van der Waals surface area (Å²) in [6.45, 7) is 3.77. The van der Waals surface area contributed by atoms with Crippen LogP contribution in [-0.2, 0) is 17.8 Å². The van der Waals surface area contributed by atoms with E-state index in [0.717, 1.165) is 12.0 Å². The van der Waals surface area contributed by atoms with E-state index in [2.05, 4.69) is 15.6 Å². The second kappa shape index (κ2) is 13.1. The van der Waals surface area contributed by atoms with Crippen LogP contribution in [0.3, 0.4) is 0 Å². The molecular weight excluding hydrogens is 470 g/mol. The number of nitrogens with one attached hydrogen (secondary N) is 2. The third-order valence-corrected chi connectivity index (χ3v) is 3.96. The molecule has 152 valence electrons. The first kappa shape index (κ1) is 23.9. The largest absolute Gasteiger partial charge is 0.357 e. The monoisotopic (exact) mass is 498 g/mol. The molecule has 0 saturated carbocycles. The molecule has 2 rings (SSSR count). The number of hydrogen-bond acceptors (Lipinski definition) is 2. The van der Waals surface area contributed by atoms with E-state index in [-0.39, 0.29) is 42.2 Å². The van der Waals surface area contributed by atoms with Crippen LogP contribution >= 0.6 is 24.0 Å². The average Bonchev–Trinajstić information content (AvgIpc) is 2.66. The highest BCUT2D eigenvalue weighted by atomic mass is 127. The van der Waals surface area contributed by atoms with E-state index in [4.69, 9.17) is 0 Å². The molecule has 0 bridgehead atoms. The molecule has 0 fully saturated rings. The summed E-state index contributed by atoms with van der Waals surface area (Å²) >= 11 is 0. The maximum Gasteiger partial charge on any atom is 0.241 e. The molecule has 0 radical (unpaired) electrons. The van der Waals surface area contributed by atoms with E-state index in [1.165, 1.54) is 17.7 Å². The van der Waals surface area contributed by atoms with Gasteiger partial charge in [-0.1, -0.05) is 42.5 Å². The lowest BCUT2D eigenvalue weighted by Crippen LogP contribution is -2.39. The minimum Gasteiger partial charge on any atom is -0.357 e. The molecule has 0 aliphatic carbocycles. The lowest BCUT2D eigenvalue weighted by atomic mass is 10.1. The molecule has 0 spiro atoms. The summed E-state index contributed by atoms with van der Waals surface area (Å²) < 4.78 is 13.3. The lowest BCUT2D eigenvalue weighted by molar-refractivity contribution is -0.119. The molecule has 0 heterocycles. The van der Waals surface area contributed by atoms with Gasteiger partial charge in [0.2, 0.25) is 5.91 Å². The van der Waals surface area contributed by atoms with Crippen molar-refractivity contribution >= 4 is 35.8 Å². The standard InChI is InChI=1S/C21H27FN4O.HI/c1-3-23-21(26(2)16-18-10-7-11-19(22)14-18)25-15-20(27)24-13-12-17-8-5-4-6-9-17;/h4-11,14H,3,12-13,15-16H2,1-2H3,(H,23,25)(H,24,27);1H. The van der Waals surface area contributed by atoms with Crippen molar-refractivity contribution in [1.29, 1.82) is 0 Å². The highest BCUT2D eigenvalue weighted by molar-refractivity contribution is 14.0. The zero-order valence-electron chi connectivity index (χ0n) is 16.3. The summed E-state index contributed by atoms with van der Waals surface area (Å²) in [5, 5.41) is 6.04. The predicted molar refractivity (Wildman–Crippen MR) is 122 cm³/mol. The van der Waals surface area contributed by atoms with Crippen LogP contribution in [0.1, 0.15) is 18.1 Å². The number of amides is 1. The molecule has 0 aliphatic rings. The van der Waals surface area contributed by atoms with Crippen molar-refractivity contribution in [3.05, 3.63) is 71.5 Å². The van der Waals surface area contributed by atoms with Crippen molar-refractivity contribution in [3.8, 4) is 0 Å². The third kappa shape index (κ3) is 8.69. The molecule has 28 heavy (non-hydrogen) atoms. The molecule has 7 heteroatoms. The van der Waals surface area contributed by atoms with Crippen molar-refractivity contribution in [1.82, 2.24) is 15.5 Å². The molecule has 0 atom stereocenters.